The summed E-state index contributed by atoms with van der Waals surface area (Å²) in [5, 5.41) is 7.17. The minimum Gasteiger partial charge on any atom is -0.363 e. The van der Waals surface area contributed by atoms with Crippen LogP contribution in [0, 0.1) is 12.8 Å². The summed E-state index contributed by atoms with van der Waals surface area (Å²) < 4.78 is 0. The fraction of sp³-hybridized carbons (Fsp3) is 0.476. The van der Waals surface area contributed by atoms with E-state index in [0.717, 1.165) is 42.8 Å². The topological polar surface area (TPSA) is 70.2 Å². The van der Waals surface area contributed by atoms with E-state index < -0.39 is 0 Å². The first-order valence-corrected chi connectivity index (χ1v) is 10.1. The van der Waals surface area contributed by atoms with Crippen molar-refractivity contribution >= 4 is 29.3 Å². The molecule has 28 heavy (non-hydrogen) atoms. The summed E-state index contributed by atoms with van der Waals surface area (Å²) in [5.41, 5.74) is 1.96. The van der Waals surface area contributed by atoms with Crippen LogP contribution in [0.25, 0.3) is 0 Å². The molecule has 1 aliphatic rings. The number of halogens is 1. The van der Waals surface area contributed by atoms with Gasteiger partial charge in [0, 0.05) is 49.4 Å². The van der Waals surface area contributed by atoms with Crippen LogP contribution in [0.5, 0.6) is 0 Å². The molecule has 0 spiro atoms. The smallest absolute Gasteiger partial charge is 0.225 e. The van der Waals surface area contributed by atoms with E-state index in [0.29, 0.717) is 23.6 Å². The van der Waals surface area contributed by atoms with E-state index >= 15 is 0 Å². The van der Waals surface area contributed by atoms with Gasteiger partial charge in [-0.15, -0.1) is 0 Å². The summed E-state index contributed by atoms with van der Waals surface area (Å²) >= 11 is 6.00. The lowest BCUT2D eigenvalue weighted by Crippen LogP contribution is -2.36. The van der Waals surface area contributed by atoms with Crippen LogP contribution in [0.1, 0.15) is 36.9 Å². The molecular weight excluding hydrogens is 374 g/mol. The zero-order valence-corrected chi connectivity index (χ0v) is 17.5. The Bertz CT molecular complexity index is 818. The van der Waals surface area contributed by atoms with Crippen molar-refractivity contribution in [2.45, 2.75) is 45.2 Å². The Morgan fingerprint density at radius 3 is 2.61 bits per heavy atom. The highest BCUT2D eigenvalue weighted by Crippen LogP contribution is 2.27. The average Bonchev–Trinajstić information content (AvgIpc) is 2.66. The fourth-order valence-electron chi connectivity index (χ4n) is 3.51. The molecule has 1 aromatic heterocycles. The predicted octanol–water partition coefficient (Wildman–Crippen LogP) is 3.79. The molecule has 1 aromatic carbocycles. The van der Waals surface area contributed by atoms with Gasteiger partial charge in [-0.05, 0) is 50.3 Å². The van der Waals surface area contributed by atoms with E-state index in [2.05, 4.69) is 20.6 Å². The van der Waals surface area contributed by atoms with E-state index in [9.17, 15) is 4.79 Å². The minimum absolute atomic E-state index is 0.0630. The van der Waals surface area contributed by atoms with Crippen molar-refractivity contribution in [2.24, 2.45) is 5.92 Å². The maximum Gasteiger partial charge on any atom is 0.225 e. The third-order valence-electron chi connectivity index (χ3n) is 5.09. The van der Waals surface area contributed by atoms with Gasteiger partial charge in [-0.2, -0.15) is 4.98 Å². The molecule has 0 saturated heterocycles. The van der Waals surface area contributed by atoms with Gasteiger partial charge in [0.1, 0.15) is 5.82 Å². The van der Waals surface area contributed by atoms with Crippen molar-refractivity contribution < 1.29 is 4.79 Å². The molecule has 1 heterocycles. The Morgan fingerprint density at radius 1 is 1.18 bits per heavy atom. The van der Waals surface area contributed by atoms with E-state index in [1.807, 2.05) is 56.3 Å². The number of anilines is 2. The van der Waals surface area contributed by atoms with Crippen molar-refractivity contribution in [3.8, 4) is 0 Å². The van der Waals surface area contributed by atoms with Crippen LogP contribution in [0.3, 0.4) is 0 Å². The predicted molar refractivity (Wildman–Crippen MR) is 114 cm³/mol. The molecule has 150 valence electrons. The van der Waals surface area contributed by atoms with Gasteiger partial charge in [-0.25, -0.2) is 4.98 Å². The number of carbonyl (C=O) groups excluding carboxylic acids is 1. The monoisotopic (exact) mass is 401 g/mol. The molecule has 0 aliphatic heterocycles. The van der Waals surface area contributed by atoms with E-state index in [-0.39, 0.29) is 11.8 Å². The quantitative estimate of drug-likeness (QED) is 0.770. The third-order valence-corrected chi connectivity index (χ3v) is 5.32. The Hall–Kier alpha value is -2.34. The van der Waals surface area contributed by atoms with Gasteiger partial charge in [0.15, 0.2) is 0 Å². The summed E-state index contributed by atoms with van der Waals surface area (Å²) in [4.78, 5) is 23.5. The average molecular weight is 402 g/mol. The molecule has 1 aliphatic carbocycles. The summed E-state index contributed by atoms with van der Waals surface area (Å²) in [6, 6.07) is 9.85. The largest absolute Gasteiger partial charge is 0.363 e. The van der Waals surface area contributed by atoms with Crippen LogP contribution in [0.15, 0.2) is 30.3 Å². The lowest BCUT2D eigenvalue weighted by Gasteiger charge is -2.28. The van der Waals surface area contributed by atoms with E-state index in [4.69, 9.17) is 11.6 Å². The fourth-order valence-corrected chi connectivity index (χ4v) is 3.72. The van der Waals surface area contributed by atoms with Crippen LogP contribution < -0.4 is 15.5 Å². The number of nitrogens with one attached hydrogen (secondary N) is 2. The molecular formula is C21H28ClN5O. The zero-order valence-electron chi connectivity index (χ0n) is 16.7. The first kappa shape index (κ1) is 20.4. The number of rotatable bonds is 6. The molecule has 3 rings (SSSR count). The highest BCUT2D eigenvalue weighted by atomic mass is 35.5. The van der Waals surface area contributed by atoms with Crippen molar-refractivity contribution in [1.29, 1.82) is 0 Å². The molecule has 7 heteroatoms. The van der Waals surface area contributed by atoms with Gasteiger partial charge in [-0.3, -0.25) is 4.79 Å². The highest BCUT2D eigenvalue weighted by Gasteiger charge is 2.26. The summed E-state index contributed by atoms with van der Waals surface area (Å²) in [6.07, 6.45) is 3.60. The first-order valence-electron chi connectivity index (χ1n) is 9.72. The number of carbonyl (C=O) groups is 1. The number of amides is 1. The van der Waals surface area contributed by atoms with Gasteiger partial charge in [0.25, 0.3) is 0 Å². The van der Waals surface area contributed by atoms with Crippen molar-refractivity contribution in [3.63, 3.8) is 0 Å². The molecule has 2 N–H and O–H groups in total. The number of aryl methyl sites for hydroxylation is 1. The molecule has 1 saturated carbocycles. The second kappa shape index (κ2) is 9.24. The van der Waals surface area contributed by atoms with Gasteiger partial charge >= 0.3 is 0 Å². The van der Waals surface area contributed by atoms with Crippen LogP contribution in [-0.4, -0.2) is 36.0 Å². The van der Waals surface area contributed by atoms with Crippen LogP contribution in [0.4, 0.5) is 11.8 Å². The number of benzene rings is 1. The summed E-state index contributed by atoms with van der Waals surface area (Å²) in [6.45, 7) is 2.49. The van der Waals surface area contributed by atoms with Crippen LogP contribution in [-0.2, 0) is 11.3 Å². The summed E-state index contributed by atoms with van der Waals surface area (Å²) in [5.74, 6) is 1.75. The van der Waals surface area contributed by atoms with Gasteiger partial charge in [0.2, 0.25) is 11.9 Å². The molecule has 2 aromatic rings. The normalized spacial score (nSPS) is 19.1. The highest BCUT2D eigenvalue weighted by molar-refractivity contribution is 6.30. The maximum absolute atomic E-state index is 12.5. The zero-order chi connectivity index (χ0) is 20.1. The Morgan fingerprint density at radius 2 is 1.93 bits per heavy atom. The molecule has 0 unspecified atom stereocenters. The molecule has 0 atom stereocenters. The summed E-state index contributed by atoms with van der Waals surface area (Å²) in [7, 11) is 3.94. The van der Waals surface area contributed by atoms with Crippen molar-refractivity contribution in [3.05, 3.63) is 46.6 Å². The number of nitrogens with zero attached hydrogens (tertiary/aromatic N) is 3. The van der Waals surface area contributed by atoms with Crippen LogP contribution >= 0.6 is 11.6 Å². The maximum atomic E-state index is 12.5. The second-order valence-corrected chi connectivity index (χ2v) is 8.06. The second-order valence-electron chi connectivity index (χ2n) is 7.63. The van der Waals surface area contributed by atoms with Crippen molar-refractivity contribution in [1.82, 2.24) is 15.3 Å². The number of hydrogen-bond donors (Lipinski definition) is 2. The molecule has 1 fully saturated rings. The number of aromatic nitrogens is 2. The Balaban J connectivity index is 1.48. The van der Waals surface area contributed by atoms with Gasteiger partial charge in [-0.1, -0.05) is 23.7 Å². The molecule has 1 amide bonds. The van der Waals surface area contributed by atoms with Crippen LogP contribution in [0.2, 0.25) is 5.02 Å². The molecule has 0 bridgehead atoms. The van der Waals surface area contributed by atoms with Gasteiger partial charge < -0.3 is 15.5 Å². The Labute approximate surface area is 171 Å². The van der Waals surface area contributed by atoms with E-state index in [1.165, 1.54) is 0 Å². The SMILES string of the molecule is Cc1cc(N(C)C)nc(N[C@H]2CC[C@@H](C(=O)NCc3cccc(Cl)c3)CC2)n1. The first-order chi connectivity index (χ1) is 13.4. The van der Waals surface area contributed by atoms with Crippen molar-refractivity contribution in [2.75, 3.05) is 24.3 Å². The molecule has 6 nitrogen and oxygen atoms in total. The lowest BCUT2D eigenvalue weighted by atomic mass is 9.85. The molecule has 0 radical (unpaired) electrons. The number of hydrogen-bond acceptors (Lipinski definition) is 5. The van der Waals surface area contributed by atoms with Gasteiger partial charge in [0.05, 0.1) is 0 Å². The Kier molecular flexibility index (Phi) is 6.73. The van der Waals surface area contributed by atoms with E-state index in [1.54, 1.807) is 0 Å². The third kappa shape index (κ3) is 5.58. The minimum atomic E-state index is 0.0630. The lowest BCUT2D eigenvalue weighted by molar-refractivity contribution is -0.126. The standard InChI is InChI=1S/C21H28ClN5O/c1-14-11-19(27(2)3)26-21(24-14)25-18-9-7-16(8-10-18)20(28)23-13-15-5-4-6-17(22)12-15/h4-6,11-12,16,18H,7-10,13H2,1-3H3,(H,23,28)(H,24,25,26)/t16-,18+.